The molecule has 0 saturated carbocycles. The fraction of sp³-hybridized carbons (Fsp3) is 0.231. The van der Waals surface area contributed by atoms with Gasteiger partial charge in [-0.3, -0.25) is 14.9 Å². The topological polar surface area (TPSA) is 107 Å². The van der Waals surface area contributed by atoms with Gasteiger partial charge in [0.25, 0.3) is 0 Å². The van der Waals surface area contributed by atoms with E-state index < -0.39 is 5.97 Å². The molecule has 6 aromatic rings. The minimum absolute atomic E-state index is 0.153. The maximum atomic E-state index is 11.6. The SMILES string of the molecule is O=C(O)C=CC(SCCCN1CCOCC1)c1ccc2ncnc(N(c3ccc4[nH]ncc4c3)c3ccccc3Cc3ccccc3)c2c1. The van der Waals surface area contributed by atoms with Gasteiger partial charge in [0.1, 0.15) is 12.1 Å². The fourth-order valence-electron chi connectivity index (χ4n) is 6.31. The van der Waals surface area contributed by atoms with E-state index in [1.54, 1.807) is 24.2 Å². The summed E-state index contributed by atoms with van der Waals surface area (Å²) in [7, 11) is 0. The number of hydrogen-bond donors (Lipinski definition) is 2. The maximum Gasteiger partial charge on any atom is 0.328 e. The molecule has 3 heterocycles. The van der Waals surface area contributed by atoms with Gasteiger partial charge in [0, 0.05) is 40.9 Å². The summed E-state index contributed by atoms with van der Waals surface area (Å²) in [6, 6.07) is 31.3. The molecule has 0 bridgehead atoms. The number of para-hydroxylation sites is 1. The maximum absolute atomic E-state index is 11.6. The zero-order valence-corrected chi connectivity index (χ0v) is 27.9. The van der Waals surface area contributed by atoms with E-state index in [0.29, 0.717) is 0 Å². The van der Waals surface area contributed by atoms with Crippen LogP contribution in [0.1, 0.15) is 28.4 Å². The number of anilines is 3. The predicted molar refractivity (Wildman–Crippen MR) is 197 cm³/mol. The Morgan fingerprint density at radius 3 is 2.69 bits per heavy atom. The molecule has 9 nitrogen and oxygen atoms in total. The number of aromatic amines is 1. The highest BCUT2D eigenvalue weighted by Gasteiger charge is 2.22. The van der Waals surface area contributed by atoms with Crippen molar-refractivity contribution in [2.24, 2.45) is 0 Å². The summed E-state index contributed by atoms with van der Waals surface area (Å²) >= 11 is 1.75. The second-order valence-corrected chi connectivity index (χ2v) is 13.3. The number of thioether (sulfide) groups is 1. The third kappa shape index (κ3) is 7.83. The van der Waals surface area contributed by atoms with Crippen LogP contribution in [0.3, 0.4) is 0 Å². The van der Waals surface area contributed by atoms with E-state index in [0.717, 1.165) is 102 Å². The Hall–Kier alpha value is -5.03. The number of aliphatic carboxylic acids is 1. The van der Waals surface area contributed by atoms with Crippen LogP contribution in [0, 0.1) is 0 Å². The van der Waals surface area contributed by atoms with Crippen LogP contribution in [-0.2, 0) is 16.0 Å². The number of hydrogen-bond acceptors (Lipinski definition) is 8. The number of aromatic nitrogens is 4. The van der Waals surface area contributed by atoms with Gasteiger partial charge in [-0.1, -0.05) is 60.7 Å². The Balaban J connectivity index is 1.29. The first kappa shape index (κ1) is 32.5. The van der Waals surface area contributed by atoms with Gasteiger partial charge in [-0.05, 0) is 78.2 Å². The summed E-state index contributed by atoms with van der Waals surface area (Å²) in [5.74, 6) is 0.680. The number of nitrogens with zero attached hydrogens (tertiary/aromatic N) is 5. The lowest BCUT2D eigenvalue weighted by Gasteiger charge is -2.28. The standard InChI is InChI=1S/C39H38N6O3S/c46-38(47)16-15-37(49-22-6-17-44-18-20-48-21-19-44)30-11-13-35-33(25-30)39(41-27-40-35)45(32-12-14-34-31(24-32)26-42-43-34)36-10-5-4-9-29(36)23-28-7-2-1-3-8-28/h1-5,7-16,24-27,37H,6,17-23H2,(H,42,43)(H,46,47). The molecule has 4 aromatic carbocycles. The van der Waals surface area contributed by atoms with Crippen molar-refractivity contribution in [3.63, 3.8) is 0 Å². The van der Waals surface area contributed by atoms with Crippen molar-refractivity contribution in [3.05, 3.63) is 132 Å². The van der Waals surface area contributed by atoms with Crippen molar-refractivity contribution in [3.8, 4) is 0 Å². The minimum Gasteiger partial charge on any atom is -0.478 e. The number of ether oxygens (including phenoxy) is 1. The van der Waals surface area contributed by atoms with E-state index in [9.17, 15) is 9.90 Å². The first-order valence-electron chi connectivity index (χ1n) is 16.5. The minimum atomic E-state index is -0.959. The molecule has 2 aromatic heterocycles. The molecule has 0 radical (unpaired) electrons. The van der Waals surface area contributed by atoms with Crippen LogP contribution in [0.25, 0.3) is 21.8 Å². The Labute approximate surface area is 289 Å². The second-order valence-electron chi connectivity index (χ2n) is 12.0. The third-order valence-electron chi connectivity index (χ3n) is 8.76. The molecule has 1 aliphatic heterocycles. The van der Waals surface area contributed by atoms with Gasteiger partial charge in [-0.25, -0.2) is 14.8 Å². The lowest BCUT2D eigenvalue weighted by atomic mass is 10.0. The molecule has 0 amide bonds. The van der Waals surface area contributed by atoms with E-state index in [-0.39, 0.29) is 5.25 Å². The number of carboxylic acids is 1. The number of benzene rings is 4. The van der Waals surface area contributed by atoms with Crippen LogP contribution in [0.2, 0.25) is 0 Å². The van der Waals surface area contributed by atoms with E-state index in [2.05, 4.69) is 97.8 Å². The highest BCUT2D eigenvalue weighted by molar-refractivity contribution is 7.99. The summed E-state index contributed by atoms with van der Waals surface area (Å²) < 4.78 is 5.49. The van der Waals surface area contributed by atoms with Crippen LogP contribution < -0.4 is 4.90 Å². The number of rotatable bonds is 13. The highest BCUT2D eigenvalue weighted by Crippen LogP contribution is 2.41. The lowest BCUT2D eigenvalue weighted by molar-refractivity contribution is -0.131. The average molecular weight is 671 g/mol. The monoisotopic (exact) mass is 670 g/mol. The van der Waals surface area contributed by atoms with Crippen molar-refractivity contribution < 1.29 is 14.6 Å². The van der Waals surface area contributed by atoms with Crippen LogP contribution in [0.4, 0.5) is 17.2 Å². The van der Waals surface area contributed by atoms with Gasteiger partial charge < -0.3 is 9.84 Å². The molecule has 10 heteroatoms. The van der Waals surface area contributed by atoms with E-state index in [1.165, 1.54) is 11.6 Å². The Morgan fingerprint density at radius 2 is 1.84 bits per heavy atom. The zero-order valence-electron chi connectivity index (χ0n) is 27.1. The largest absolute Gasteiger partial charge is 0.478 e. The van der Waals surface area contributed by atoms with Crippen molar-refractivity contribution in [1.29, 1.82) is 0 Å². The summed E-state index contributed by atoms with van der Waals surface area (Å²) in [6.45, 7) is 4.47. The number of nitrogens with one attached hydrogen (secondary N) is 1. The molecule has 1 saturated heterocycles. The van der Waals surface area contributed by atoms with E-state index >= 15 is 0 Å². The molecule has 0 aliphatic carbocycles. The Bertz CT molecular complexity index is 2060. The third-order valence-corrected chi connectivity index (χ3v) is 10.1. The van der Waals surface area contributed by atoms with Gasteiger partial charge in [0.15, 0.2) is 0 Å². The van der Waals surface area contributed by atoms with Gasteiger partial charge in [-0.15, -0.1) is 11.8 Å². The Kier molecular flexibility index (Phi) is 10.3. The van der Waals surface area contributed by atoms with Gasteiger partial charge >= 0.3 is 5.97 Å². The molecule has 0 spiro atoms. The fourth-order valence-corrected chi connectivity index (χ4v) is 7.39. The van der Waals surface area contributed by atoms with Crippen molar-refractivity contribution in [2.75, 3.05) is 43.5 Å². The van der Waals surface area contributed by atoms with Gasteiger partial charge in [-0.2, -0.15) is 5.10 Å². The molecule has 7 rings (SSSR count). The molecule has 248 valence electrons. The lowest BCUT2D eigenvalue weighted by Crippen LogP contribution is -2.37. The van der Waals surface area contributed by atoms with Gasteiger partial charge in [0.2, 0.25) is 0 Å². The van der Waals surface area contributed by atoms with Crippen molar-refractivity contribution in [2.45, 2.75) is 18.1 Å². The first-order chi connectivity index (χ1) is 24.1. The van der Waals surface area contributed by atoms with E-state index in [1.807, 2.05) is 24.4 Å². The first-order valence-corrected chi connectivity index (χ1v) is 17.6. The quantitative estimate of drug-likeness (QED) is 0.0944. The highest BCUT2D eigenvalue weighted by atomic mass is 32.2. The average Bonchev–Trinajstić information content (AvgIpc) is 3.61. The molecule has 49 heavy (non-hydrogen) atoms. The summed E-state index contributed by atoms with van der Waals surface area (Å²) in [6.07, 6.45) is 8.23. The van der Waals surface area contributed by atoms with Crippen LogP contribution >= 0.6 is 11.8 Å². The molecule has 1 fully saturated rings. The summed E-state index contributed by atoms with van der Waals surface area (Å²) in [5, 5.41) is 18.6. The van der Waals surface area contributed by atoms with Gasteiger partial charge in [0.05, 0.1) is 36.1 Å². The molecule has 1 atom stereocenters. The number of carbonyl (C=O) groups is 1. The summed E-state index contributed by atoms with van der Waals surface area (Å²) in [5.41, 5.74) is 7.09. The second kappa shape index (κ2) is 15.5. The van der Waals surface area contributed by atoms with Crippen molar-refractivity contribution >= 4 is 56.7 Å². The van der Waals surface area contributed by atoms with Crippen molar-refractivity contribution in [1.82, 2.24) is 25.1 Å². The van der Waals surface area contributed by atoms with E-state index in [4.69, 9.17) is 9.72 Å². The number of fused-ring (bicyclic) bond motifs is 2. The van der Waals surface area contributed by atoms with Crippen LogP contribution in [0.5, 0.6) is 0 Å². The number of carboxylic acid groups (broad SMARTS) is 1. The molecular formula is C39H38N6O3S. The molecule has 1 aliphatic rings. The smallest absolute Gasteiger partial charge is 0.328 e. The van der Waals surface area contributed by atoms with Crippen LogP contribution in [0.15, 0.2) is 116 Å². The molecular weight excluding hydrogens is 633 g/mol. The number of morpholine rings is 1. The van der Waals surface area contributed by atoms with Crippen LogP contribution in [-0.4, -0.2) is 74.7 Å². The molecule has 1 unspecified atom stereocenters. The summed E-state index contributed by atoms with van der Waals surface area (Å²) in [4.78, 5) is 25.9. The Morgan fingerprint density at radius 1 is 1.00 bits per heavy atom. The zero-order chi connectivity index (χ0) is 33.4. The predicted octanol–water partition coefficient (Wildman–Crippen LogP) is 7.70. The molecule has 2 N–H and O–H groups in total. The normalized spacial score (nSPS) is 14.4. The number of H-pyrrole nitrogens is 1.